The second-order valence-corrected chi connectivity index (χ2v) is 9.34. The normalized spacial score (nSPS) is 19.4. The fourth-order valence-electron chi connectivity index (χ4n) is 4.66. The van der Waals surface area contributed by atoms with Crippen LogP contribution in [0.15, 0.2) is 28.8 Å². The third kappa shape index (κ3) is 3.38. The van der Waals surface area contributed by atoms with Gasteiger partial charge in [-0.05, 0) is 50.3 Å². The molecule has 1 aliphatic carbocycles. The van der Waals surface area contributed by atoms with Gasteiger partial charge in [-0.3, -0.25) is 9.59 Å². The molecule has 174 valence electrons. The molecule has 0 saturated heterocycles. The van der Waals surface area contributed by atoms with Crippen molar-refractivity contribution in [2.75, 3.05) is 14.1 Å². The first-order valence-electron chi connectivity index (χ1n) is 11.0. The SMILES string of the molecule is Cc1cc([C@](C)(O)C#Cc2ccc3c(c2)-c2nc(C(N)=O)c(C(=O)N(C)C)n2C2CC3C2)no1. The summed E-state index contributed by atoms with van der Waals surface area (Å²) in [4.78, 5) is 31.2. The van der Waals surface area contributed by atoms with Gasteiger partial charge in [-0.25, -0.2) is 4.98 Å². The highest BCUT2D eigenvalue weighted by molar-refractivity contribution is 6.05. The lowest BCUT2D eigenvalue weighted by Crippen LogP contribution is -2.31. The zero-order valence-corrected chi connectivity index (χ0v) is 19.4. The molecular weight excluding hydrogens is 434 g/mol. The number of nitrogens with zero attached hydrogens (tertiary/aromatic N) is 4. The van der Waals surface area contributed by atoms with E-state index < -0.39 is 11.5 Å². The van der Waals surface area contributed by atoms with Crippen molar-refractivity contribution >= 4 is 11.8 Å². The zero-order valence-electron chi connectivity index (χ0n) is 19.4. The van der Waals surface area contributed by atoms with Gasteiger partial charge in [-0.2, -0.15) is 0 Å². The Morgan fingerprint density at radius 3 is 2.65 bits per heavy atom. The van der Waals surface area contributed by atoms with Crippen molar-refractivity contribution in [3.8, 4) is 23.2 Å². The van der Waals surface area contributed by atoms with Crippen LogP contribution in [0.1, 0.15) is 75.3 Å². The summed E-state index contributed by atoms with van der Waals surface area (Å²) in [7, 11) is 3.27. The molecule has 2 bridgehead atoms. The van der Waals surface area contributed by atoms with Gasteiger partial charge in [0.2, 0.25) is 0 Å². The summed E-state index contributed by atoms with van der Waals surface area (Å²) in [6.45, 7) is 3.30. The smallest absolute Gasteiger partial charge is 0.272 e. The Labute approximate surface area is 196 Å². The predicted molar refractivity (Wildman–Crippen MR) is 123 cm³/mol. The van der Waals surface area contributed by atoms with E-state index >= 15 is 0 Å². The molecule has 3 N–H and O–H groups in total. The molecule has 34 heavy (non-hydrogen) atoms. The van der Waals surface area contributed by atoms with Gasteiger partial charge in [-0.1, -0.05) is 23.1 Å². The number of amides is 2. The maximum atomic E-state index is 13.0. The molecule has 0 spiro atoms. The monoisotopic (exact) mass is 459 g/mol. The third-order valence-corrected chi connectivity index (χ3v) is 6.54. The van der Waals surface area contributed by atoms with Gasteiger partial charge in [0, 0.05) is 37.3 Å². The third-order valence-electron chi connectivity index (χ3n) is 6.54. The van der Waals surface area contributed by atoms with Crippen molar-refractivity contribution in [3.63, 3.8) is 0 Å². The fraction of sp³-hybridized carbons (Fsp3) is 0.360. The standard InChI is InChI=1S/C25H25N5O4/c1-13-9-19(28-34-13)25(2,33)8-7-14-5-6-17-15-11-16(12-15)30-21(24(32)29(3)4)20(22(26)31)27-23(30)18(17)10-14/h5-6,9-10,15-16,33H,11-12H2,1-4H3,(H2,26,31)/t15?,16?,25-/m1/s1. The van der Waals surface area contributed by atoms with E-state index in [9.17, 15) is 14.7 Å². The van der Waals surface area contributed by atoms with Crippen LogP contribution in [0.2, 0.25) is 0 Å². The highest BCUT2D eigenvalue weighted by atomic mass is 16.5. The number of aliphatic hydroxyl groups is 1. The van der Waals surface area contributed by atoms with E-state index in [0.29, 0.717) is 28.8 Å². The quantitative estimate of drug-likeness (QED) is 0.579. The number of imidazole rings is 1. The second kappa shape index (κ2) is 7.57. The number of hydrogen-bond acceptors (Lipinski definition) is 6. The summed E-state index contributed by atoms with van der Waals surface area (Å²) < 4.78 is 6.93. The van der Waals surface area contributed by atoms with E-state index in [1.165, 1.54) is 4.90 Å². The Hall–Kier alpha value is -3.90. The number of carbonyl (C=O) groups excluding carboxylic acids is 2. The van der Waals surface area contributed by atoms with Gasteiger partial charge in [0.15, 0.2) is 11.3 Å². The average molecular weight is 460 g/mol. The van der Waals surface area contributed by atoms with Crippen LogP contribution in [0, 0.1) is 18.8 Å². The largest absolute Gasteiger partial charge is 0.372 e. The summed E-state index contributed by atoms with van der Waals surface area (Å²) in [6, 6.07) is 7.52. The molecular formula is C25H25N5O4. The maximum Gasteiger partial charge on any atom is 0.272 e. The molecule has 3 aromatic rings. The molecule has 0 radical (unpaired) electrons. The van der Waals surface area contributed by atoms with E-state index in [0.717, 1.165) is 24.0 Å². The summed E-state index contributed by atoms with van der Waals surface area (Å²) in [5.41, 5.74) is 7.24. The molecule has 3 aliphatic rings. The van der Waals surface area contributed by atoms with Crippen LogP contribution >= 0.6 is 0 Å². The molecule has 2 aliphatic heterocycles. The van der Waals surface area contributed by atoms with E-state index in [1.807, 2.05) is 22.8 Å². The first-order chi connectivity index (χ1) is 16.1. The molecule has 1 atom stereocenters. The van der Waals surface area contributed by atoms with Crippen molar-refractivity contribution < 1.29 is 19.2 Å². The van der Waals surface area contributed by atoms with Crippen LogP contribution in [-0.4, -0.2) is 50.6 Å². The van der Waals surface area contributed by atoms with Gasteiger partial charge in [-0.15, -0.1) is 0 Å². The second-order valence-electron chi connectivity index (χ2n) is 9.34. The highest BCUT2D eigenvalue weighted by Crippen LogP contribution is 2.52. The summed E-state index contributed by atoms with van der Waals surface area (Å²) >= 11 is 0. The molecule has 2 amide bonds. The van der Waals surface area contributed by atoms with Crippen molar-refractivity contribution in [1.29, 1.82) is 0 Å². The van der Waals surface area contributed by atoms with Crippen LogP contribution < -0.4 is 5.73 Å². The van der Waals surface area contributed by atoms with Crippen LogP contribution in [-0.2, 0) is 5.60 Å². The average Bonchev–Trinajstić information content (AvgIpc) is 3.30. The number of carbonyl (C=O) groups is 2. The van der Waals surface area contributed by atoms with Gasteiger partial charge in [0.05, 0.1) is 0 Å². The Morgan fingerprint density at radius 2 is 2.03 bits per heavy atom. The summed E-state index contributed by atoms with van der Waals surface area (Å²) in [5.74, 6) is 6.30. The molecule has 1 fully saturated rings. The van der Waals surface area contributed by atoms with Crippen molar-refractivity contribution in [2.45, 2.75) is 44.2 Å². The minimum absolute atomic E-state index is 0.0224. The number of aryl methyl sites for hydroxylation is 1. The fourth-order valence-corrected chi connectivity index (χ4v) is 4.66. The van der Waals surface area contributed by atoms with Gasteiger partial charge >= 0.3 is 0 Å². The molecule has 1 aromatic carbocycles. The molecule has 9 heteroatoms. The number of rotatable bonds is 3. The number of hydrogen-bond donors (Lipinski definition) is 2. The zero-order chi connectivity index (χ0) is 24.4. The topological polar surface area (TPSA) is 127 Å². The minimum atomic E-state index is -1.49. The number of nitrogens with two attached hydrogens (primary N) is 1. The molecule has 9 nitrogen and oxygen atoms in total. The lowest BCUT2D eigenvalue weighted by atomic mass is 9.75. The Morgan fingerprint density at radius 1 is 1.29 bits per heavy atom. The summed E-state index contributed by atoms with van der Waals surface area (Å²) in [5, 5.41) is 14.6. The van der Waals surface area contributed by atoms with Crippen molar-refractivity contribution in [1.82, 2.24) is 19.6 Å². The van der Waals surface area contributed by atoms with Crippen LogP contribution in [0.5, 0.6) is 0 Å². The number of primary amides is 1. The number of aromatic nitrogens is 3. The van der Waals surface area contributed by atoms with E-state index in [4.69, 9.17) is 10.3 Å². The molecule has 4 heterocycles. The summed E-state index contributed by atoms with van der Waals surface area (Å²) in [6.07, 6.45) is 1.71. The Kier molecular flexibility index (Phi) is 4.88. The van der Waals surface area contributed by atoms with Crippen molar-refractivity contribution in [3.05, 3.63) is 58.2 Å². The van der Waals surface area contributed by atoms with Crippen LogP contribution in [0.3, 0.4) is 0 Å². The first-order valence-corrected chi connectivity index (χ1v) is 11.0. The predicted octanol–water partition coefficient (Wildman–Crippen LogP) is 2.34. The number of benzene rings is 1. The van der Waals surface area contributed by atoms with Gasteiger partial charge in [0.1, 0.15) is 23.0 Å². The molecule has 2 aromatic heterocycles. The van der Waals surface area contributed by atoms with Gasteiger partial charge in [0.25, 0.3) is 11.8 Å². The Balaban J connectivity index is 1.64. The lowest BCUT2D eigenvalue weighted by molar-refractivity contribution is 0.0802. The van der Waals surface area contributed by atoms with E-state index in [2.05, 4.69) is 22.0 Å². The van der Waals surface area contributed by atoms with E-state index in [-0.39, 0.29) is 23.3 Å². The lowest BCUT2D eigenvalue weighted by Gasteiger charge is -2.35. The molecule has 0 unspecified atom stereocenters. The van der Waals surface area contributed by atoms with Crippen LogP contribution in [0.25, 0.3) is 11.4 Å². The van der Waals surface area contributed by atoms with Crippen LogP contribution in [0.4, 0.5) is 0 Å². The first kappa shape index (κ1) is 21.9. The maximum absolute atomic E-state index is 13.0. The highest BCUT2D eigenvalue weighted by Gasteiger charge is 2.42. The Bertz CT molecular complexity index is 1400. The van der Waals surface area contributed by atoms with Crippen molar-refractivity contribution in [2.24, 2.45) is 5.73 Å². The van der Waals surface area contributed by atoms with E-state index in [1.54, 1.807) is 34.0 Å². The molecule has 1 saturated carbocycles. The van der Waals surface area contributed by atoms with Gasteiger partial charge < -0.3 is 24.8 Å². The minimum Gasteiger partial charge on any atom is -0.372 e. The molecule has 6 rings (SSSR count).